The van der Waals surface area contributed by atoms with E-state index >= 15 is 0 Å². The van der Waals surface area contributed by atoms with Crippen LogP contribution in [0.2, 0.25) is 0 Å². The molecule has 3 aliphatic rings. The lowest BCUT2D eigenvalue weighted by Gasteiger charge is -2.44. The van der Waals surface area contributed by atoms with Crippen LogP contribution in [0.4, 0.5) is 0 Å². The number of nitrogens with one attached hydrogen (secondary N) is 1. The average molecular weight is 331 g/mol. The van der Waals surface area contributed by atoms with Gasteiger partial charge in [-0.05, 0) is 57.0 Å². The number of rotatable bonds is 2. The van der Waals surface area contributed by atoms with Crippen molar-refractivity contribution in [3.8, 4) is 0 Å². The van der Waals surface area contributed by atoms with Gasteiger partial charge in [0.25, 0.3) is 5.91 Å². The number of piperidine rings is 2. The van der Waals surface area contributed by atoms with Crippen LogP contribution in [0.5, 0.6) is 0 Å². The minimum atomic E-state index is 0.0702. The first-order valence-corrected chi connectivity index (χ1v) is 9.68. The van der Waals surface area contributed by atoms with Gasteiger partial charge in [0, 0.05) is 13.1 Å². The van der Waals surface area contributed by atoms with Crippen molar-refractivity contribution in [1.82, 2.24) is 25.2 Å². The van der Waals surface area contributed by atoms with Crippen LogP contribution in [0.1, 0.15) is 74.3 Å². The van der Waals surface area contributed by atoms with E-state index in [1.807, 2.05) is 15.8 Å². The van der Waals surface area contributed by atoms with E-state index in [1.54, 1.807) is 0 Å². The molecular weight excluding hydrogens is 302 g/mol. The predicted octanol–water partition coefficient (Wildman–Crippen LogP) is 2.39. The second kappa shape index (κ2) is 6.82. The molecule has 132 valence electrons. The van der Waals surface area contributed by atoms with E-state index in [0.717, 1.165) is 39.0 Å². The Kier molecular flexibility index (Phi) is 4.57. The number of aromatic nitrogens is 3. The lowest BCUT2D eigenvalue weighted by molar-refractivity contribution is 0.0467. The maximum Gasteiger partial charge on any atom is 0.276 e. The molecule has 6 nitrogen and oxygen atoms in total. The molecule has 1 saturated carbocycles. The molecule has 1 aliphatic carbocycles. The van der Waals surface area contributed by atoms with Gasteiger partial charge in [-0.25, -0.2) is 4.68 Å². The molecule has 1 aromatic heterocycles. The van der Waals surface area contributed by atoms with Gasteiger partial charge in [-0.3, -0.25) is 4.79 Å². The van der Waals surface area contributed by atoms with Crippen LogP contribution in [-0.4, -0.2) is 52.0 Å². The molecular formula is C18H29N5O. The highest BCUT2D eigenvalue weighted by Gasteiger charge is 2.37. The number of carbonyl (C=O) groups excluding carboxylic acids is 1. The topological polar surface area (TPSA) is 63.1 Å². The summed E-state index contributed by atoms with van der Waals surface area (Å²) in [6.07, 6.45) is 13.2. The van der Waals surface area contributed by atoms with Gasteiger partial charge in [0.2, 0.25) is 0 Å². The number of hydrogen-bond donors (Lipinski definition) is 1. The zero-order valence-electron chi connectivity index (χ0n) is 14.5. The molecule has 0 unspecified atom stereocenters. The smallest absolute Gasteiger partial charge is 0.276 e. The Labute approximate surface area is 144 Å². The van der Waals surface area contributed by atoms with Crippen LogP contribution in [0.15, 0.2) is 6.20 Å². The van der Waals surface area contributed by atoms with E-state index in [2.05, 4.69) is 15.6 Å². The number of carbonyl (C=O) groups is 1. The van der Waals surface area contributed by atoms with Crippen molar-refractivity contribution in [3.05, 3.63) is 11.9 Å². The van der Waals surface area contributed by atoms with E-state index in [1.165, 1.54) is 44.9 Å². The van der Waals surface area contributed by atoms with Crippen LogP contribution in [0, 0.1) is 5.41 Å². The normalized spacial score (nSPS) is 25.1. The number of amides is 1. The molecule has 1 spiro atoms. The summed E-state index contributed by atoms with van der Waals surface area (Å²) < 4.78 is 1.90. The molecule has 0 aromatic carbocycles. The molecule has 4 rings (SSSR count). The lowest BCUT2D eigenvalue weighted by atomic mass is 9.68. The highest BCUT2D eigenvalue weighted by Crippen LogP contribution is 2.44. The van der Waals surface area contributed by atoms with Crippen molar-refractivity contribution in [2.75, 3.05) is 26.2 Å². The second-order valence-electron chi connectivity index (χ2n) is 7.92. The number of hydrogen-bond acceptors (Lipinski definition) is 4. The molecule has 3 heterocycles. The Morgan fingerprint density at radius 3 is 2.50 bits per heavy atom. The monoisotopic (exact) mass is 331 g/mol. The van der Waals surface area contributed by atoms with Crippen molar-refractivity contribution < 1.29 is 4.79 Å². The molecule has 6 heteroatoms. The minimum absolute atomic E-state index is 0.0702. The van der Waals surface area contributed by atoms with Crippen molar-refractivity contribution in [2.24, 2.45) is 5.41 Å². The van der Waals surface area contributed by atoms with Crippen molar-refractivity contribution in [2.45, 2.75) is 63.8 Å². The van der Waals surface area contributed by atoms with Gasteiger partial charge in [0.15, 0.2) is 5.69 Å². The molecule has 2 aliphatic heterocycles. The summed E-state index contributed by atoms with van der Waals surface area (Å²) in [6.45, 7) is 3.81. The second-order valence-corrected chi connectivity index (χ2v) is 7.92. The molecule has 2 saturated heterocycles. The first-order chi connectivity index (χ1) is 11.8. The maximum atomic E-state index is 12.8. The fourth-order valence-electron chi connectivity index (χ4n) is 4.77. The highest BCUT2D eigenvalue weighted by atomic mass is 16.2. The fraction of sp³-hybridized carbons (Fsp3) is 0.833. The zero-order chi connectivity index (χ0) is 16.4. The summed E-state index contributed by atoms with van der Waals surface area (Å²) in [7, 11) is 0. The third-order valence-electron chi connectivity index (χ3n) is 6.44. The summed E-state index contributed by atoms with van der Waals surface area (Å²) >= 11 is 0. The van der Waals surface area contributed by atoms with Crippen LogP contribution < -0.4 is 5.32 Å². The largest absolute Gasteiger partial charge is 0.337 e. The van der Waals surface area contributed by atoms with Crippen LogP contribution in [0.25, 0.3) is 0 Å². The molecule has 0 radical (unpaired) electrons. The Bertz CT molecular complexity index is 562. The molecule has 1 N–H and O–H groups in total. The molecule has 0 atom stereocenters. The first-order valence-electron chi connectivity index (χ1n) is 9.68. The summed E-state index contributed by atoms with van der Waals surface area (Å²) in [5.74, 6) is 0.0702. The average Bonchev–Trinajstić information content (AvgIpc) is 3.13. The standard InChI is InChI=1S/C18H29N5O/c24-17(16-14-23(21-20-16)15-4-10-19-11-5-15)22-12-8-18(9-13-22)6-2-1-3-7-18/h14-15,19H,1-13H2. The Morgan fingerprint density at radius 2 is 1.79 bits per heavy atom. The summed E-state index contributed by atoms with van der Waals surface area (Å²) in [5.41, 5.74) is 1.05. The fourth-order valence-corrected chi connectivity index (χ4v) is 4.77. The maximum absolute atomic E-state index is 12.8. The zero-order valence-corrected chi connectivity index (χ0v) is 14.5. The van der Waals surface area contributed by atoms with Gasteiger partial charge in [-0.1, -0.05) is 24.5 Å². The van der Waals surface area contributed by atoms with Gasteiger partial charge in [0.05, 0.1) is 12.2 Å². The molecule has 1 amide bonds. The molecule has 0 bridgehead atoms. The third-order valence-corrected chi connectivity index (χ3v) is 6.44. The van der Waals surface area contributed by atoms with Gasteiger partial charge in [-0.15, -0.1) is 5.10 Å². The van der Waals surface area contributed by atoms with E-state index in [-0.39, 0.29) is 5.91 Å². The predicted molar refractivity (Wildman–Crippen MR) is 91.8 cm³/mol. The van der Waals surface area contributed by atoms with E-state index in [0.29, 0.717) is 17.2 Å². The summed E-state index contributed by atoms with van der Waals surface area (Å²) in [6, 6.07) is 0.382. The van der Waals surface area contributed by atoms with E-state index < -0.39 is 0 Å². The molecule has 1 aromatic rings. The van der Waals surface area contributed by atoms with Crippen LogP contribution in [0.3, 0.4) is 0 Å². The first kappa shape index (κ1) is 16.1. The lowest BCUT2D eigenvalue weighted by Crippen LogP contribution is -2.44. The van der Waals surface area contributed by atoms with Gasteiger partial charge >= 0.3 is 0 Å². The SMILES string of the molecule is O=C(c1cn(C2CCNCC2)nn1)N1CCC2(CCCCC2)CC1. The quantitative estimate of drug-likeness (QED) is 0.904. The van der Waals surface area contributed by atoms with Crippen molar-refractivity contribution >= 4 is 5.91 Å². The Morgan fingerprint density at radius 1 is 1.08 bits per heavy atom. The van der Waals surface area contributed by atoms with E-state index in [4.69, 9.17) is 0 Å². The Balaban J connectivity index is 1.37. The Hall–Kier alpha value is -1.43. The van der Waals surface area contributed by atoms with Gasteiger partial charge < -0.3 is 10.2 Å². The third kappa shape index (κ3) is 3.21. The van der Waals surface area contributed by atoms with Gasteiger partial charge in [0.1, 0.15) is 0 Å². The van der Waals surface area contributed by atoms with E-state index in [9.17, 15) is 4.79 Å². The number of likely N-dealkylation sites (tertiary alicyclic amines) is 1. The molecule has 3 fully saturated rings. The highest BCUT2D eigenvalue weighted by molar-refractivity contribution is 5.92. The number of nitrogens with zero attached hydrogens (tertiary/aromatic N) is 4. The van der Waals surface area contributed by atoms with Crippen molar-refractivity contribution in [1.29, 1.82) is 0 Å². The van der Waals surface area contributed by atoms with Crippen LogP contribution >= 0.6 is 0 Å². The summed E-state index contributed by atoms with van der Waals surface area (Å²) in [5, 5.41) is 11.8. The van der Waals surface area contributed by atoms with Crippen molar-refractivity contribution in [3.63, 3.8) is 0 Å². The summed E-state index contributed by atoms with van der Waals surface area (Å²) in [4.78, 5) is 14.8. The minimum Gasteiger partial charge on any atom is -0.337 e. The van der Waals surface area contributed by atoms with Gasteiger partial charge in [-0.2, -0.15) is 0 Å². The van der Waals surface area contributed by atoms with Crippen LogP contribution in [-0.2, 0) is 0 Å². The molecule has 24 heavy (non-hydrogen) atoms.